The summed E-state index contributed by atoms with van der Waals surface area (Å²) in [4.78, 5) is 13.4. The van der Waals surface area contributed by atoms with E-state index in [1.165, 1.54) is 12.1 Å². The number of hydrogen-bond acceptors (Lipinski definition) is 7. The van der Waals surface area contributed by atoms with E-state index in [1.54, 1.807) is 21.0 Å². The SMILES string of the molecule is COc1ccc([C@H](CNc2ccc(S(=O)(=O)NC(C)C)cc2[N+](=O)[O-])N2CCCC2)cc1. The molecule has 0 aliphatic carbocycles. The summed E-state index contributed by atoms with van der Waals surface area (Å²) in [7, 11) is -2.21. The third-order valence-electron chi connectivity index (χ3n) is 5.43. The number of nitrogens with one attached hydrogen (secondary N) is 2. The van der Waals surface area contributed by atoms with E-state index in [2.05, 4.69) is 14.9 Å². The first-order chi connectivity index (χ1) is 15.2. The fraction of sp³-hybridized carbons (Fsp3) is 0.455. The average Bonchev–Trinajstić information content (AvgIpc) is 3.28. The van der Waals surface area contributed by atoms with Gasteiger partial charge in [-0.15, -0.1) is 0 Å². The number of ether oxygens (including phenoxy) is 1. The van der Waals surface area contributed by atoms with Crippen molar-refractivity contribution in [2.75, 3.05) is 32.1 Å². The third kappa shape index (κ3) is 5.76. The smallest absolute Gasteiger partial charge is 0.293 e. The number of methoxy groups -OCH3 is 1. The molecular formula is C22H30N4O5S. The molecule has 1 fully saturated rings. The van der Waals surface area contributed by atoms with Crippen molar-refractivity contribution in [3.63, 3.8) is 0 Å². The molecular weight excluding hydrogens is 432 g/mol. The Bertz CT molecular complexity index is 1030. The minimum absolute atomic E-state index is 0.0222. The molecule has 0 unspecified atom stereocenters. The van der Waals surface area contributed by atoms with Crippen LogP contribution in [0.15, 0.2) is 47.4 Å². The Kier molecular flexibility index (Phi) is 7.70. The van der Waals surface area contributed by atoms with Crippen LogP contribution in [0.25, 0.3) is 0 Å². The maximum absolute atomic E-state index is 12.4. The van der Waals surface area contributed by atoms with Gasteiger partial charge in [-0.3, -0.25) is 15.0 Å². The summed E-state index contributed by atoms with van der Waals surface area (Å²) in [5, 5.41) is 14.9. The molecule has 1 saturated heterocycles. The molecule has 0 saturated carbocycles. The van der Waals surface area contributed by atoms with Crippen LogP contribution >= 0.6 is 0 Å². The fourth-order valence-corrected chi connectivity index (χ4v) is 5.17. The van der Waals surface area contributed by atoms with E-state index < -0.39 is 14.9 Å². The highest BCUT2D eigenvalue weighted by Crippen LogP contribution is 2.31. The summed E-state index contributed by atoms with van der Waals surface area (Å²) >= 11 is 0. The molecule has 1 aliphatic rings. The van der Waals surface area contributed by atoms with Crippen molar-refractivity contribution in [2.24, 2.45) is 0 Å². The van der Waals surface area contributed by atoms with E-state index in [1.807, 2.05) is 24.3 Å². The minimum Gasteiger partial charge on any atom is -0.497 e. The van der Waals surface area contributed by atoms with E-state index >= 15 is 0 Å². The van der Waals surface area contributed by atoms with Gasteiger partial charge < -0.3 is 10.1 Å². The second-order valence-electron chi connectivity index (χ2n) is 8.12. The van der Waals surface area contributed by atoms with Crippen LogP contribution in [0.4, 0.5) is 11.4 Å². The van der Waals surface area contributed by atoms with E-state index in [-0.39, 0.29) is 28.4 Å². The first kappa shape index (κ1) is 24.0. The lowest BCUT2D eigenvalue weighted by molar-refractivity contribution is -0.384. The lowest BCUT2D eigenvalue weighted by Crippen LogP contribution is -2.31. The highest BCUT2D eigenvalue weighted by Gasteiger charge is 2.26. The van der Waals surface area contributed by atoms with Crippen LogP contribution in [-0.2, 0) is 10.0 Å². The van der Waals surface area contributed by atoms with Crippen LogP contribution in [0.5, 0.6) is 5.75 Å². The van der Waals surface area contributed by atoms with E-state index in [0.29, 0.717) is 6.54 Å². The molecule has 10 heteroatoms. The van der Waals surface area contributed by atoms with Gasteiger partial charge in [-0.2, -0.15) is 0 Å². The highest BCUT2D eigenvalue weighted by atomic mass is 32.2. The molecule has 2 N–H and O–H groups in total. The number of anilines is 1. The Labute approximate surface area is 189 Å². The monoisotopic (exact) mass is 462 g/mol. The molecule has 0 amide bonds. The minimum atomic E-state index is -3.83. The lowest BCUT2D eigenvalue weighted by atomic mass is 10.0. The Morgan fingerprint density at radius 1 is 1.12 bits per heavy atom. The zero-order chi connectivity index (χ0) is 23.3. The van der Waals surface area contributed by atoms with Crippen LogP contribution in [0.3, 0.4) is 0 Å². The molecule has 1 atom stereocenters. The number of likely N-dealkylation sites (tertiary alicyclic amines) is 1. The van der Waals surface area contributed by atoms with Crippen LogP contribution in [0.2, 0.25) is 0 Å². The van der Waals surface area contributed by atoms with E-state index in [0.717, 1.165) is 43.3 Å². The van der Waals surface area contributed by atoms with Crippen LogP contribution in [-0.4, -0.2) is 51.0 Å². The first-order valence-electron chi connectivity index (χ1n) is 10.6. The fourth-order valence-electron chi connectivity index (χ4n) is 3.90. The molecule has 0 bridgehead atoms. The van der Waals surface area contributed by atoms with Crippen LogP contribution in [0, 0.1) is 10.1 Å². The Hall–Kier alpha value is -2.69. The standard InChI is InChI=1S/C22H30N4O5S/c1-16(2)24-32(29,30)19-10-11-20(21(14-19)26(27)28)23-15-22(25-12-4-5-13-25)17-6-8-18(31-3)9-7-17/h6-11,14,16,22-24H,4-5,12-13,15H2,1-3H3/t22-/m0/s1. The highest BCUT2D eigenvalue weighted by molar-refractivity contribution is 7.89. The molecule has 2 aromatic rings. The van der Waals surface area contributed by atoms with Crippen molar-refractivity contribution >= 4 is 21.4 Å². The number of benzene rings is 2. The summed E-state index contributed by atoms with van der Waals surface area (Å²) in [6, 6.07) is 11.5. The van der Waals surface area contributed by atoms with Crippen molar-refractivity contribution < 1.29 is 18.1 Å². The zero-order valence-electron chi connectivity index (χ0n) is 18.6. The summed E-state index contributed by atoms with van der Waals surface area (Å²) < 4.78 is 32.6. The molecule has 1 heterocycles. The average molecular weight is 463 g/mol. The molecule has 2 aromatic carbocycles. The van der Waals surface area contributed by atoms with Gasteiger partial charge in [0.25, 0.3) is 5.69 Å². The quantitative estimate of drug-likeness (QED) is 0.410. The van der Waals surface area contributed by atoms with Gasteiger partial charge >= 0.3 is 0 Å². The first-order valence-corrected chi connectivity index (χ1v) is 12.1. The molecule has 0 spiro atoms. The van der Waals surface area contributed by atoms with E-state index in [4.69, 9.17) is 4.74 Å². The summed E-state index contributed by atoms with van der Waals surface area (Å²) in [6.45, 7) is 5.75. The normalized spacial score (nSPS) is 15.6. The molecule has 174 valence electrons. The summed E-state index contributed by atoms with van der Waals surface area (Å²) in [6.07, 6.45) is 2.23. The molecule has 0 radical (unpaired) electrons. The second kappa shape index (κ2) is 10.3. The van der Waals surface area contributed by atoms with Gasteiger partial charge in [0.1, 0.15) is 11.4 Å². The number of sulfonamides is 1. The van der Waals surface area contributed by atoms with Gasteiger partial charge in [0.05, 0.1) is 23.0 Å². The summed E-state index contributed by atoms with van der Waals surface area (Å²) in [5.74, 6) is 0.768. The predicted octanol–water partition coefficient (Wildman–Crippen LogP) is 3.54. The number of nitrogens with zero attached hydrogens (tertiary/aromatic N) is 2. The maximum Gasteiger partial charge on any atom is 0.293 e. The second-order valence-corrected chi connectivity index (χ2v) is 9.84. The van der Waals surface area contributed by atoms with Crippen LogP contribution in [0.1, 0.15) is 38.3 Å². The summed E-state index contributed by atoms with van der Waals surface area (Å²) in [5.41, 5.74) is 1.10. The van der Waals surface area contributed by atoms with Crippen molar-refractivity contribution in [1.82, 2.24) is 9.62 Å². The van der Waals surface area contributed by atoms with Crippen LogP contribution < -0.4 is 14.8 Å². The number of nitro groups is 1. The largest absolute Gasteiger partial charge is 0.497 e. The topological polar surface area (TPSA) is 114 Å². The zero-order valence-corrected chi connectivity index (χ0v) is 19.4. The molecule has 9 nitrogen and oxygen atoms in total. The van der Waals surface area contributed by atoms with Gasteiger partial charge in [0.15, 0.2) is 0 Å². The van der Waals surface area contributed by atoms with Crippen molar-refractivity contribution in [1.29, 1.82) is 0 Å². The third-order valence-corrected chi connectivity index (χ3v) is 7.09. The maximum atomic E-state index is 12.4. The van der Waals surface area contributed by atoms with E-state index in [9.17, 15) is 18.5 Å². The van der Waals surface area contributed by atoms with Gasteiger partial charge in [0, 0.05) is 18.7 Å². The number of nitro benzene ring substituents is 1. The molecule has 3 rings (SSSR count). The molecule has 1 aliphatic heterocycles. The molecule has 32 heavy (non-hydrogen) atoms. The van der Waals surface area contributed by atoms with Gasteiger partial charge in [-0.25, -0.2) is 13.1 Å². The van der Waals surface area contributed by atoms with Crippen molar-refractivity contribution in [2.45, 2.75) is 43.7 Å². The Morgan fingerprint density at radius 2 is 1.78 bits per heavy atom. The lowest BCUT2D eigenvalue weighted by Gasteiger charge is -2.28. The Morgan fingerprint density at radius 3 is 2.34 bits per heavy atom. The number of rotatable bonds is 10. The van der Waals surface area contributed by atoms with Gasteiger partial charge in [-0.05, 0) is 69.6 Å². The predicted molar refractivity (Wildman–Crippen MR) is 124 cm³/mol. The van der Waals surface area contributed by atoms with Gasteiger partial charge in [-0.1, -0.05) is 12.1 Å². The van der Waals surface area contributed by atoms with Gasteiger partial charge in [0.2, 0.25) is 10.0 Å². The Balaban J connectivity index is 1.85. The molecule has 0 aromatic heterocycles. The van der Waals surface area contributed by atoms with Crippen molar-refractivity contribution in [3.8, 4) is 5.75 Å². The number of hydrogen-bond donors (Lipinski definition) is 2. The van der Waals surface area contributed by atoms with Crippen molar-refractivity contribution in [3.05, 3.63) is 58.1 Å².